The second-order valence-corrected chi connectivity index (χ2v) is 5.86. The van der Waals surface area contributed by atoms with Gasteiger partial charge in [0.25, 0.3) is 5.69 Å². The molecule has 0 bridgehead atoms. The van der Waals surface area contributed by atoms with E-state index in [9.17, 15) is 10.1 Å². The third kappa shape index (κ3) is 2.86. The van der Waals surface area contributed by atoms with E-state index in [1.165, 1.54) is 31.7 Å². The first kappa shape index (κ1) is 13.2. The smallest absolute Gasteiger partial charge is 0.292 e. The lowest BCUT2D eigenvalue weighted by atomic mass is 9.98. The molecular formula is C15H20N2O3. The topological polar surface area (TPSA) is 64.4 Å². The van der Waals surface area contributed by atoms with Crippen molar-refractivity contribution in [2.45, 2.75) is 25.7 Å². The molecule has 0 heterocycles. The van der Waals surface area contributed by atoms with E-state index in [-0.39, 0.29) is 10.6 Å². The molecule has 2 aliphatic rings. The molecule has 0 saturated heterocycles. The number of hydrogen-bond donors (Lipinski definition) is 1. The van der Waals surface area contributed by atoms with Crippen molar-refractivity contribution in [1.29, 1.82) is 0 Å². The zero-order valence-corrected chi connectivity index (χ0v) is 11.7. The maximum absolute atomic E-state index is 11.1. The molecule has 1 aromatic rings. The highest BCUT2D eigenvalue weighted by molar-refractivity contribution is 5.64. The summed E-state index contributed by atoms with van der Waals surface area (Å²) in [5, 5.41) is 14.4. The highest BCUT2D eigenvalue weighted by Gasteiger charge is 2.41. The number of ether oxygens (including phenoxy) is 1. The number of benzene rings is 1. The minimum Gasteiger partial charge on any atom is -0.497 e. The molecule has 108 valence electrons. The van der Waals surface area contributed by atoms with Gasteiger partial charge >= 0.3 is 0 Å². The van der Waals surface area contributed by atoms with Gasteiger partial charge in [-0.3, -0.25) is 10.1 Å². The zero-order chi connectivity index (χ0) is 14.1. The standard InChI is InChI=1S/C15H20N2O3/c1-20-12-6-7-15(17(18)19)14(8-12)16-9-13(10-2-3-10)11-4-5-11/h6-8,10-11,13,16H,2-5,9H2,1H3. The average molecular weight is 276 g/mol. The fourth-order valence-corrected chi connectivity index (χ4v) is 2.94. The molecule has 2 saturated carbocycles. The zero-order valence-electron chi connectivity index (χ0n) is 11.7. The number of nitrogens with one attached hydrogen (secondary N) is 1. The van der Waals surface area contributed by atoms with Crippen LogP contribution in [0, 0.1) is 27.9 Å². The van der Waals surface area contributed by atoms with E-state index in [0.717, 1.165) is 18.4 Å². The molecule has 0 atom stereocenters. The van der Waals surface area contributed by atoms with Crippen molar-refractivity contribution >= 4 is 11.4 Å². The fourth-order valence-electron chi connectivity index (χ4n) is 2.94. The Balaban J connectivity index is 1.72. The predicted octanol–water partition coefficient (Wildman–Crippen LogP) is 3.45. The van der Waals surface area contributed by atoms with Gasteiger partial charge in [-0.25, -0.2) is 0 Å². The number of anilines is 1. The fraction of sp³-hybridized carbons (Fsp3) is 0.600. The van der Waals surface area contributed by atoms with E-state index in [0.29, 0.717) is 17.4 Å². The molecule has 1 N–H and O–H groups in total. The molecule has 0 aliphatic heterocycles. The van der Waals surface area contributed by atoms with Crippen molar-refractivity contribution in [1.82, 2.24) is 0 Å². The van der Waals surface area contributed by atoms with E-state index in [2.05, 4.69) is 5.32 Å². The lowest BCUT2D eigenvalue weighted by Gasteiger charge is -2.17. The molecule has 5 nitrogen and oxygen atoms in total. The van der Waals surface area contributed by atoms with E-state index < -0.39 is 0 Å². The summed E-state index contributed by atoms with van der Waals surface area (Å²) >= 11 is 0. The van der Waals surface area contributed by atoms with E-state index >= 15 is 0 Å². The van der Waals surface area contributed by atoms with Crippen LogP contribution in [-0.4, -0.2) is 18.6 Å². The SMILES string of the molecule is COc1ccc([N+](=O)[O-])c(NCC(C2CC2)C2CC2)c1. The number of methoxy groups -OCH3 is 1. The van der Waals surface area contributed by atoms with Crippen LogP contribution in [0.2, 0.25) is 0 Å². The molecule has 0 amide bonds. The number of nitro benzene ring substituents is 1. The first-order valence-electron chi connectivity index (χ1n) is 7.25. The van der Waals surface area contributed by atoms with Crippen molar-refractivity contribution in [2.24, 2.45) is 17.8 Å². The van der Waals surface area contributed by atoms with Gasteiger partial charge in [0.1, 0.15) is 11.4 Å². The number of rotatable bonds is 7. The Morgan fingerprint density at radius 2 is 2.00 bits per heavy atom. The third-order valence-corrected chi connectivity index (χ3v) is 4.38. The van der Waals surface area contributed by atoms with Gasteiger partial charge in [-0.1, -0.05) is 0 Å². The second kappa shape index (κ2) is 5.31. The van der Waals surface area contributed by atoms with Crippen molar-refractivity contribution in [2.75, 3.05) is 19.0 Å². The number of hydrogen-bond acceptors (Lipinski definition) is 4. The highest BCUT2D eigenvalue weighted by Crippen LogP contribution is 2.49. The maximum Gasteiger partial charge on any atom is 0.292 e. The quantitative estimate of drug-likeness (QED) is 0.612. The van der Waals surface area contributed by atoms with Gasteiger partial charge in [0.15, 0.2) is 0 Å². The normalized spacial score (nSPS) is 18.1. The van der Waals surface area contributed by atoms with Gasteiger partial charge in [0, 0.05) is 18.7 Å². The molecule has 0 spiro atoms. The van der Waals surface area contributed by atoms with Gasteiger partial charge < -0.3 is 10.1 Å². The summed E-state index contributed by atoms with van der Waals surface area (Å²) in [7, 11) is 1.57. The molecule has 0 radical (unpaired) electrons. The Morgan fingerprint density at radius 1 is 1.35 bits per heavy atom. The first-order chi connectivity index (χ1) is 9.69. The number of nitrogens with zero attached hydrogens (tertiary/aromatic N) is 1. The highest BCUT2D eigenvalue weighted by atomic mass is 16.6. The van der Waals surface area contributed by atoms with Crippen LogP contribution in [0.3, 0.4) is 0 Å². The lowest BCUT2D eigenvalue weighted by molar-refractivity contribution is -0.384. The lowest BCUT2D eigenvalue weighted by Crippen LogP contribution is -2.18. The summed E-state index contributed by atoms with van der Waals surface area (Å²) in [5.74, 6) is 2.99. The summed E-state index contributed by atoms with van der Waals surface area (Å²) < 4.78 is 5.15. The Hall–Kier alpha value is -1.78. The van der Waals surface area contributed by atoms with Gasteiger partial charge in [0.05, 0.1) is 12.0 Å². The summed E-state index contributed by atoms with van der Waals surface area (Å²) in [4.78, 5) is 10.7. The molecule has 1 aromatic carbocycles. The molecule has 20 heavy (non-hydrogen) atoms. The van der Waals surface area contributed by atoms with Crippen LogP contribution >= 0.6 is 0 Å². The van der Waals surface area contributed by atoms with E-state index in [1.807, 2.05) is 0 Å². The van der Waals surface area contributed by atoms with Crippen LogP contribution in [0.1, 0.15) is 25.7 Å². The molecule has 0 aromatic heterocycles. The van der Waals surface area contributed by atoms with Crippen molar-refractivity contribution in [3.8, 4) is 5.75 Å². The monoisotopic (exact) mass is 276 g/mol. The molecule has 2 aliphatic carbocycles. The molecule has 5 heteroatoms. The van der Waals surface area contributed by atoms with Crippen LogP contribution in [0.25, 0.3) is 0 Å². The molecule has 3 rings (SSSR count). The summed E-state index contributed by atoms with van der Waals surface area (Å²) in [6.45, 7) is 0.837. The van der Waals surface area contributed by atoms with Crippen LogP contribution in [-0.2, 0) is 0 Å². The Labute approximate surface area is 118 Å². The maximum atomic E-state index is 11.1. The van der Waals surface area contributed by atoms with Crippen molar-refractivity contribution < 1.29 is 9.66 Å². The second-order valence-electron chi connectivity index (χ2n) is 5.86. The van der Waals surface area contributed by atoms with Crippen LogP contribution in [0.15, 0.2) is 18.2 Å². The van der Waals surface area contributed by atoms with Gasteiger partial charge in [-0.2, -0.15) is 0 Å². The largest absolute Gasteiger partial charge is 0.497 e. The third-order valence-electron chi connectivity index (χ3n) is 4.38. The first-order valence-corrected chi connectivity index (χ1v) is 7.25. The van der Waals surface area contributed by atoms with Crippen LogP contribution in [0.4, 0.5) is 11.4 Å². The minimum absolute atomic E-state index is 0.121. The van der Waals surface area contributed by atoms with Gasteiger partial charge in [-0.15, -0.1) is 0 Å². The van der Waals surface area contributed by atoms with Gasteiger partial charge in [0.2, 0.25) is 0 Å². The number of nitro groups is 1. The summed E-state index contributed by atoms with van der Waals surface area (Å²) in [6.07, 6.45) is 5.29. The Bertz CT molecular complexity index is 498. The van der Waals surface area contributed by atoms with Crippen LogP contribution in [0.5, 0.6) is 5.75 Å². The van der Waals surface area contributed by atoms with Crippen LogP contribution < -0.4 is 10.1 Å². The summed E-state index contributed by atoms with van der Waals surface area (Å²) in [6, 6.07) is 4.85. The summed E-state index contributed by atoms with van der Waals surface area (Å²) in [5.41, 5.74) is 0.691. The van der Waals surface area contributed by atoms with Crippen molar-refractivity contribution in [3.63, 3.8) is 0 Å². The predicted molar refractivity (Wildman–Crippen MR) is 77.1 cm³/mol. The molecule has 0 unspecified atom stereocenters. The molecule has 2 fully saturated rings. The van der Waals surface area contributed by atoms with Crippen molar-refractivity contribution in [3.05, 3.63) is 28.3 Å². The Kier molecular flexibility index (Phi) is 3.51. The molecular weight excluding hydrogens is 256 g/mol. The van der Waals surface area contributed by atoms with E-state index in [1.54, 1.807) is 19.2 Å². The minimum atomic E-state index is -0.342. The van der Waals surface area contributed by atoms with E-state index in [4.69, 9.17) is 4.74 Å². The average Bonchev–Trinajstić information content (AvgIpc) is 3.31. The van der Waals surface area contributed by atoms with Gasteiger partial charge in [-0.05, 0) is 49.5 Å². The Morgan fingerprint density at radius 3 is 2.50 bits per heavy atom.